The summed E-state index contributed by atoms with van der Waals surface area (Å²) in [7, 11) is 1.51. The highest BCUT2D eigenvalue weighted by atomic mass is 35.5. The number of aromatic nitrogens is 2. The Morgan fingerprint density at radius 2 is 2.00 bits per heavy atom. The Morgan fingerprint density at radius 3 is 2.71 bits per heavy atom. The van der Waals surface area contributed by atoms with E-state index >= 15 is 0 Å². The van der Waals surface area contributed by atoms with Crippen molar-refractivity contribution in [2.24, 2.45) is 0 Å². The van der Waals surface area contributed by atoms with Crippen molar-refractivity contribution in [3.8, 4) is 11.9 Å². The summed E-state index contributed by atoms with van der Waals surface area (Å²) < 4.78 is 10.8. The third-order valence-electron chi connectivity index (χ3n) is 3.91. The van der Waals surface area contributed by atoms with Crippen LogP contribution in [-0.4, -0.2) is 47.1 Å². The van der Waals surface area contributed by atoms with Gasteiger partial charge in [0.15, 0.2) is 0 Å². The SMILES string of the molecule is COc1nccc(OC2CCN(C(=O)c3ccccc3Cl)CC2)n1. The Balaban J connectivity index is 1.57. The number of nitrogens with zero attached hydrogens (tertiary/aromatic N) is 3. The zero-order chi connectivity index (χ0) is 16.9. The van der Waals surface area contributed by atoms with Gasteiger partial charge in [0, 0.05) is 38.2 Å². The van der Waals surface area contributed by atoms with Gasteiger partial charge in [0.25, 0.3) is 5.91 Å². The summed E-state index contributed by atoms with van der Waals surface area (Å²) in [6.07, 6.45) is 3.09. The predicted molar refractivity (Wildman–Crippen MR) is 89.6 cm³/mol. The van der Waals surface area contributed by atoms with E-state index in [9.17, 15) is 4.79 Å². The molecular weight excluding hydrogens is 330 g/mol. The van der Waals surface area contributed by atoms with Gasteiger partial charge in [-0.05, 0) is 12.1 Å². The van der Waals surface area contributed by atoms with E-state index in [1.807, 2.05) is 17.0 Å². The van der Waals surface area contributed by atoms with E-state index in [0.717, 1.165) is 12.8 Å². The summed E-state index contributed by atoms with van der Waals surface area (Å²) in [5, 5.41) is 0.481. The Morgan fingerprint density at radius 1 is 1.25 bits per heavy atom. The number of methoxy groups -OCH3 is 1. The second kappa shape index (κ2) is 7.49. The number of hydrogen-bond acceptors (Lipinski definition) is 5. The molecule has 126 valence electrons. The van der Waals surface area contributed by atoms with Crippen molar-refractivity contribution in [2.75, 3.05) is 20.2 Å². The Kier molecular flexibility index (Phi) is 5.15. The normalized spacial score (nSPS) is 15.2. The number of likely N-dealkylation sites (tertiary alicyclic amines) is 1. The standard InChI is InChI=1S/C17H18ClN3O3/c1-23-17-19-9-6-15(20-17)24-12-7-10-21(11-8-12)16(22)13-4-2-3-5-14(13)18/h2-6,9,12H,7-8,10-11H2,1H3. The highest BCUT2D eigenvalue weighted by Gasteiger charge is 2.26. The van der Waals surface area contributed by atoms with Crippen LogP contribution in [0.2, 0.25) is 5.02 Å². The molecule has 24 heavy (non-hydrogen) atoms. The molecule has 0 aliphatic carbocycles. The first kappa shape index (κ1) is 16.5. The summed E-state index contributed by atoms with van der Waals surface area (Å²) in [5.41, 5.74) is 0.541. The molecule has 2 aromatic rings. The number of hydrogen-bond donors (Lipinski definition) is 0. The quantitative estimate of drug-likeness (QED) is 0.851. The van der Waals surface area contributed by atoms with Crippen molar-refractivity contribution in [3.05, 3.63) is 47.1 Å². The van der Waals surface area contributed by atoms with Crippen LogP contribution in [0.3, 0.4) is 0 Å². The fraction of sp³-hybridized carbons (Fsp3) is 0.353. The third kappa shape index (κ3) is 3.76. The molecule has 0 radical (unpaired) electrons. The molecule has 1 amide bonds. The second-order valence-corrected chi connectivity index (χ2v) is 5.88. The number of piperidine rings is 1. The van der Waals surface area contributed by atoms with E-state index < -0.39 is 0 Å². The number of carbonyl (C=O) groups excluding carboxylic acids is 1. The van der Waals surface area contributed by atoms with Crippen molar-refractivity contribution >= 4 is 17.5 Å². The monoisotopic (exact) mass is 347 g/mol. The summed E-state index contributed by atoms with van der Waals surface area (Å²) in [6.45, 7) is 1.24. The van der Waals surface area contributed by atoms with E-state index in [1.165, 1.54) is 7.11 Å². The lowest BCUT2D eigenvalue weighted by atomic mass is 10.1. The van der Waals surface area contributed by atoms with Gasteiger partial charge in [-0.15, -0.1) is 0 Å². The lowest BCUT2D eigenvalue weighted by molar-refractivity contribution is 0.0587. The number of rotatable bonds is 4. The van der Waals surface area contributed by atoms with Gasteiger partial charge < -0.3 is 14.4 Å². The van der Waals surface area contributed by atoms with Gasteiger partial charge in [0.05, 0.1) is 17.7 Å². The molecule has 0 bridgehead atoms. The van der Waals surface area contributed by atoms with Crippen LogP contribution in [0, 0.1) is 0 Å². The number of carbonyl (C=O) groups is 1. The van der Waals surface area contributed by atoms with Crippen molar-refractivity contribution in [2.45, 2.75) is 18.9 Å². The zero-order valence-corrected chi connectivity index (χ0v) is 14.1. The molecule has 0 saturated carbocycles. The summed E-state index contributed by atoms with van der Waals surface area (Å²) in [5.74, 6) is 0.445. The molecule has 1 fully saturated rings. The molecule has 2 heterocycles. The highest BCUT2D eigenvalue weighted by Crippen LogP contribution is 2.22. The minimum atomic E-state index is -0.0391. The fourth-order valence-electron chi connectivity index (χ4n) is 2.64. The first-order chi connectivity index (χ1) is 11.7. The van der Waals surface area contributed by atoms with Gasteiger partial charge in [-0.3, -0.25) is 4.79 Å². The molecule has 0 unspecified atom stereocenters. The molecule has 0 spiro atoms. The van der Waals surface area contributed by atoms with Crippen LogP contribution in [0.5, 0.6) is 11.9 Å². The minimum Gasteiger partial charge on any atom is -0.474 e. The molecule has 1 aromatic heterocycles. The predicted octanol–water partition coefficient (Wildman–Crippen LogP) is 2.82. The average molecular weight is 348 g/mol. The van der Waals surface area contributed by atoms with Gasteiger partial charge >= 0.3 is 6.01 Å². The molecule has 6 nitrogen and oxygen atoms in total. The number of halogens is 1. The van der Waals surface area contributed by atoms with E-state index in [2.05, 4.69) is 9.97 Å². The number of amides is 1. The molecule has 3 rings (SSSR count). The Labute approximate surface area is 145 Å². The fourth-order valence-corrected chi connectivity index (χ4v) is 2.86. The van der Waals surface area contributed by atoms with Gasteiger partial charge in [0.2, 0.25) is 5.88 Å². The topological polar surface area (TPSA) is 64.6 Å². The molecule has 1 aliphatic rings. The van der Waals surface area contributed by atoms with Crippen molar-refractivity contribution < 1.29 is 14.3 Å². The van der Waals surface area contributed by atoms with Crippen LogP contribution in [0.4, 0.5) is 0 Å². The van der Waals surface area contributed by atoms with Crippen LogP contribution in [0.15, 0.2) is 36.5 Å². The van der Waals surface area contributed by atoms with Crippen LogP contribution >= 0.6 is 11.6 Å². The van der Waals surface area contributed by atoms with Gasteiger partial charge in [-0.1, -0.05) is 23.7 Å². The summed E-state index contributed by atoms with van der Waals surface area (Å²) in [6, 6.07) is 9.09. The van der Waals surface area contributed by atoms with Gasteiger partial charge in [0.1, 0.15) is 6.10 Å². The maximum Gasteiger partial charge on any atom is 0.319 e. The first-order valence-corrected chi connectivity index (χ1v) is 8.12. The van der Waals surface area contributed by atoms with Crippen molar-refractivity contribution in [1.29, 1.82) is 0 Å². The lowest BCUT2D eigenvalue weighted by Crippen LogP contribution is -2.42. The first-order valence-electron chi connectivity index (χ1n) is 7.75. The van der Waals surface area contributed by atoms with Crippen LogP contribution in [0.1, 0.15) is 23.2 Å². The highest BCUT2D eigenvalue weighted by molar-refractivity contribution is 6.33. The Hall–Kier alpha value is -2.34. The molecule has 1 saturated heterocycles. The van der Waals surface area contributed by atoms with E-state index in [1.54, 1.807) is 24.4 Å². The summed E-state index contributed by atoms with van der Waals surface area (Å²) >= 11 is 6.10. The average Bonchev–Trinajstić information content (AvgIpc) is 2.62. The zero-order valence-electron chi connectivity index (χ0n) is 13.3. The third-order valence-corrected chi connectivity index (χ3v) is 4.24. The smallest absolute Gasteiger partial charge is 0.319 e. The number of ether oxygens (including phenoxy) is 2. The molecular formula is C17H18ClN3O3. The van der Waals surface area contributed by atoms with Crippen molar-refractivity contribution in [1.82, 2.24) is 14.9 Å². The van der Waals surface area contributed by atoms with E-state index in [-0.39, 0.29) is 18.0 Å². The summed E-state index contributed by atoms with van der Waals surface area (Å²) in [4.78, 5) is 22.4. The largest absolute Gasteiger partial charge is 0.474 e. The van der Waals surface area contributed by atoms with Crippen molar-refractivity contribution in [3.63, 3.8) is 0 Å². The lowest BCUT2D eigenvalue weighted by Gasteiger charge is -2.32. The molecule has 1 aliphatic heterocycles. The van der Waals surface area contributed by atoms with Crippen LogP contribution < -0.4 is 9.47 Å². The van der Waals surface area contributed by atoms with Crippen LogP contribution in [0.25, 0.3) is 0 Å². The molecule has 0 atom stereocenters. The van der Waals surface area contributed by atoms with Crippen LogP contribution in [-0.2, 0) is 0 Å². The van der Waals surface area contributed by atoms with Gasteiger partial charge in [-0.2, -0.15) is 4.98 Å². The number of benzene rings is 1. The molecule has 0 N–H and O–H groups in total. The van der Waals surface area contributed by atoms with Gasteiger partial charge in [-0.25, -0.2) is 4.98 Å². The van der Waals surface area contributed by atoms with E-state index in [0.29, 0.717) is 29.6 Å². The molecule has 1 aromatic carbocycles. The van der Waals surface area contributed by atoms with E-state index in [4.69, 9.17) is 21.1 Å². The maximum atomic E-state index is 12.5. The Bertz CT molecular complexity index is 718. The second-order valence-electron chi connectivity index (χ2n) is 5.47. The molecule has 7 heteroatoms. The minimum absolute atomic E-state index is 0.0138. The maximum absolute atomic E-state index is 12.5.